The molecule has 1 aliphatic rings. The molecule has 5 nitrogen and oxygen atoms in total. The van der Waals surface area contributed by atoms with Gasteiger partial charge >= 0.3 is 0 Å². The summed E-state index contributed by atoms with van der Waals surface area (Å²) in [5.41, 5.74) is 0.779. The summed E-state index contributed by atoms with van der Waals surface area (Å²) < 4.78 is 25.8. The maximum Gasteiger partial charge on any atom is 0.214 e. The molecule has 0 spiro atoms. The fourth-order valence-electron chi connectivity index (χ4n) is 1.91. The van der Waals surface area contributed by atoms with Gasteiger partial charge in [0.25, 0.3) is 0 Å². The molecule has 0 unspecified atom stereocenters. The molecule has 1 aromatic rings. The van der Waals surface area contributed by atoms with Gasteiger partial charge in [0.2, 0.25) is 10.0 Å². The van der Waals surface area contributed by atoms with Crippen LogP contribution < -0.4 is 0 Å². The lowest BCUT2D eigenvalue weighted by Crippen LogP contribution is -2.37. The first-order chi connectivity index (χ1) is 8.63. The van der Waals surface area contributed by atoms with Crippen molar-refractivity contribution in [2.75, 3.05) is 18.9 Å². The van der Waals surface area contributed by atoms with Crippen molar-refractivity contribution in [3.05, 3.63) is 30.1 Å². The molecule has 6 heteroatoms. The molecule has 0 aromatic carbocycles. The zero-order valence-corrected chi connectivity index (χ0v) is 11.0. The number of aromatic nitrogens is 1. The first-order valence-corrected chi connectivity index (χ1v) is 7.74. The van der Waals surface area contributed by atoms with E-state index >= 15 is 0 Å². The largest absolute Gasteiger partial charge is 0.395 e. The Labute approximate surface area is 108 Å². The van der Waals surface area contributed by atoms with Crippen molar-refractivity contribution in [2.45, 2.75) is 25.3 Å². The minimum absolute atomic E-state index is 0.0561. The third-order valence-electron chi connectivity index (χ3n) is 2.97. The highest BCUT2D eigenvalue weighted by Crippen LogP contribution is 2.29. The molecule has 1 aromatic heterocycles. The maximum atomic E-state index is 12.2. The van der Waals surface area contributed by atoms with Crippen LogP contribution in [0, 0.1) is 0 Å². The van der Waals surface area contributed by atoms with Gasteiger partial charge in [0, 0.05) is 30.9 Å². The van der Waals surface area contributed by atoms with Crippen molar-refractivity contribution in [3.63, 3.8) is 0 Å². The second kappa shape index (κ2) is 5.77. The van der Waals surface area contributed by atoms with Crippen LogP contribution in [0.3, 0.4) is 0 Å². The maximum absolute atomic E-state index is 12.2. The predicted molar refractivity (Wildman–Crippen MR) is 68.5 cm³/mol. The molecule has 2 rings (SSSR count). The van der Waals surface area contributed by atoms with Crippen LogP contribution in [-0.4, -0.2) is 47.8 Å². The second-order valence-corrected chi connectivity index (χ2v) is 6.49. The van der Waals surface area contributed by atoms with Crippen molar-refractivity contribution in [2.24, 2.45) is 0 Å². The highest BCUT2D eigenvalue weighted by atomic mass is 32.2. The Morgan fingerprint density at radius 3 is 2.72 bits per heavy atom. The monoisotopic (exact) mass is 270 g/mol. The minimum atomic E-state index is -3.29. The van der Waals surface area contributed by atoms with Crippen molar-refractivity contribution in [1.29, 1.82) is 0 Å². The number of nitrogens with zero attached hydrogens (tertiary/aromatic N) is 2. The molecule has 1 fully saturated rings. The molecule has 100 valence electrons. The lowest BCUT2D eigenvalue weighted by Gasteiger charge is -2.20. The summed E-state index contributed by atoms with van der Waals surface area (Å²) in [6, 6.07) is 5.58. The molecule has 1 aliphatic carbocycles. The van der Waals surface area contributed by atoms with Crippen LogP contribution in [0.15, 0.2) is 24.4 Å². The Morgan fingerprint density at radius 2 is 2.17 bits per heavy atom. The van der Waals surface area contributed by atoms with Crippen LogP contribution in [0.1, 0.15) is 18.5 Å². The summed E-state index contributed by atoms with van der Waals surface area (Å²) in [5, 5.41) is 8.94. The van der Waals surface area contributed by atoms with E-state index in [1.807, 2.05) is 12.1 Å². The fourth-order valence-corrected chi connectivity index (χ4v) is 3.63. The third-order valence-corrected chi connectivity index (χ3v) is 4.89. The molecule has 0 aliphatic heterocycles. The Bertz CT molecular complexity index is 471. The number of pyridine rings is 1. The molecule has 0 bridgehead atoms. The molecular formula is C12H18N2O3S. The number of aliphatic hydroxyl groups is 1. The van der Waals surface area contributed by atoms with Gasteiger partial charge in [0.1, 0.15) is 0 Å². The molecule has 0 atom stereocenters. The number of aliphatic hydroxyl groups excluding tert-OH is 1. The number of hydrogen-bond acceptors (Lipinski definition) is 4. The van der Waals surface area contributed by atoms with E-state index in [4.69, 9.17) is 5.11 Å². The van der Waals surface area contributed by atoms with Gasteiger partial charge in [0.05, 0.1) is 12.4 Å². The van der Waals surface area contributed by atoms with Crippen molar-refractivity contribution >= 4 is 10.0 Å². The fraction of sp³-hybridized carbons (Fsp3) is 0.583. The quantitative estimate of drug-likeness (QED) is 0.779. The first kappa shape index (κ1) is 13.5. The molecule has 0 radical (unpaired) electrons. The third kappa shape index (κ3) is 3.51. The van der Waals surface area contributed by atoms with Crippen molar-refractivity contribution in [1.82, 2.24) is 9.29 Å². The van der Waals surface area contributed by atoms with Gasteiger partial charge in [-0.2, -0.15) is 4.31 Å². The van der Waals surface area contributed by atoms with E-state index in [-0.39, 0.29) is 24.9 Å². The Balaban J connectivity index is 1.97. The molecular weight excluding hydrogens is 252 g/mol. The summed E-state index contributed by atoms with van der Waals surface area (Å²) in [5.74, 6) is 0.0561. The van der Waals surface area contributed by atoms with Crippen LogP contribution in [-0.2, 0) is 16.4 Å². The molecule has 1 N–H and O–H groups in total. The Kier molecular flexibility index (Phi) is 4.31. The summed E-state index contributed by atoms with van der Waals surface area (Å²) >= 11 is 0. The summed E-state index contributed by atoms with van der Waals surface area (Å²) in [7, 11) is -3.29. The predicted octanol–water partition coefficient (Wildman–Crippen LogP) is 0.411. The highest BCUT2D eigenvalue weighted by molar-refractivity contribution is 7.89. The number of sulfonamides is 1. The molecule has 0 saturated heterocycles. The van der Waals surface area contributed by atoms with Gasteiger partial charge in [-0.1, -0.05) is 6.07 Å². The highest BCUT2D eigenvalue weighted by Gasteiger charge is 2.36. The van der Waals surface area contributed by atoms with Gasteiger partial charge in [0.15, 0.2) is 0 Å². The molecule has 18 heavy (non-hydrogen) atoms. The van der Waals surface area contributed by atoms with E-state index in [9.17, 15) is 8.42 Å². The SMILES string of the molecule is O=S(=O)(CCc1ccccn1)N(CCO)C1CC1. The topological polar surface area (TPSA) is 70.5 Å². The summed E-state index contributed by atoms with van der Waals surface area (Å²) in [6.45, 7) is 0.0779. The minimum Gasteiger partial charge on any atom is -0.395 e. The number of hydrogen-bond donors (Lipinski definition) is 1. The summed E-state index contributed by atoms with van der Waals surface area (Å²) in [4.78, 5) is 4.12. The molecule has 1 heterocycles. The van der Waals surface area contributed by atoms with Crippen LogP contribution in [0.25, 0.3) is 0 Å². The standard InChI is InChI=1S/C12H18N2O3S/c15-9-8-14(12-4-5-12)18(16,17)10-6-11-3-1-2-7-13-11/h1-3,7,12,15H,4-6,8-10H2. The van der Waals surface area contributed by atoms with Crippen LogP contribution in [0.5, 0.6) is 0 Å². The second-order valence-electron chi connectivity index (χ2n) is 4.45. The zero-order valence-electron chi connectivity index (χ0n) is 10.2. The molecule has 1 saturated carbocycles. The van der Waals surface area contributed by atoms with Crippen LogP contribution >= 0.6 is 0 Å². The van der Waals surface area contributed by atoms with E-state index in [0.717, 1.165) is 18.5 Å². The van der Waals surface area contributed by atoms with Gasteiger partial charge < -0.3 is 5.11 Å². The molecule has 0 amide bonds. The van der Waals surface area contributed by atoms with Crippen molar-refractivity contribution < 1.29 is 13.5 Å². The van der Waals surface area contributed by atoms with Crippen LogP contribution in [0.4, 0.5) is 0 Å². The van der Waals surface area contributed by atoms with Gasteiger partial charge in [-0.15, -0.1) is 0 Å². The lowest BCUT2D eigenvalue weighted by atomic mass is 10.3. The number of aryl methyl sites for hydroxylation is 1. The van der Waals surface area contributed by atoms with Crippen LogP contribution in [0.2, 0.25) is 0 Å². The van der Waals surface area contributed by atoms with Gasteiger partial charge in [-0.05, 0) is 25.0 Å². The van der Waals surface area contributed by atoms with Crippen molar-refractivity contribution in [3.8, 4) is 0 Å². The average Bonchev–Trinajstić information content (AvgIpc) is 3.19. The van der Waals surface area contributed by atoms with E-state index in [1.54, 1.807) is 12.3 Å². The average molecular weight is 270 g/mol. The van der Waals surface area contributed by atoms with E-state index < -0.39 is 10.0 Å². The normalized spacial score (nSPS) is 16.1. The number of rotatable bonds is 7. The van der Waals surface area contributed by atoms with E-state index in [0.29, 0.717) is 6.42 Å². The smallest absolute Gasteiger partial charge is 0.214 e. The Morgan fingerprint density at radius 1 is 1.39 bits per heavy atom. The van der Waals surface area contributed by atoms with E-state index in [1.165, 1.54) is 4.31 Å². The van der Waals surface area contributed by atoms with E-state index in [2.05, 4.69) is 4.98 Å². The summed E-state index contributed by atoms with van der Waals surface area (Å²) in [6.07, 6.45) is 3.89. The van der Waals surface area contributed by atoms with Gasteiger partial charge in [-0.3, -0.25) is 4.98 Å². The zero-order chi connectivity index (χ0) is 13.0. The Hall–Kier alpha value is -0.980. The first-order valence-electron chi connectivity index (χ1n) is 6.14. The van der Waals surface area contributed by atoms with Gasteiger partial charge in [-0.25, -0.2) is 8.42 Å². The lowest BCUT2D eigenvalue weighted by molar-refractivity contribution is 0.250.